The normalized spacial score (nSPS) is 19.1. The zero-order valence-electron chi connectivity index (χ0n) is 35.7. The number of fused-ring (bicyclic) bond motifs is 2. The first-order valence-corrected chi connectivity index (χ1v) is 22.4. The molecular formula is C47H52FN11O5. The fourth-order valence-corrected chi connectivity index (χ4v) is 9.25. The van der Waals surface area contributed by atoms with E-state index in [1.165, 1.54) is 6.07 Å². The number of halogens is 1. The average molecular weight is 870 g/mol. The first-order valence-electron chi connectivity index (χ1n) is 22.4. The first kappa shape index (κ1) is 42.5. The summed E-state index contributed by atoms with van der Waals surface area (Å²) in [7, 11) is 0. The third kappa shape index (κ3) is 9.16. The molecule has 1 unspecified atom stereocenters. The van der Waals surface area contributed by atoms with Crippen molar-refractivity contribution in [3.05, 3.63) is 102 Å². The summed E-state index contributed by atoms with van der Waals surface area (Å²) >= 11 is 0. The van der Waals surface area contributed by atoms with Crippen LogP contribution in [0.25, 0.3) is 17.0 Å². The van der Waals surface area contributed by atoms with Crippen molar-refractivity contribution in [3.63, 3.8) is 0 Å². The van der Waals surface area contributed by atoms with Gasteiger partial charge in [0.2, 0.25) is 17.7 Å². The summed E-state index contributed by atoms with van der Waals surface area (Å²) in [5.74, 6) is -0.579. The van der Waals surface area contributed by atoms with Crippen LogP contribution in [0.15, 0.2) is 79.0 Å². The topological polar surface area (TPSA) is 177 Å². The van der Waals surface area contributed by atoms with Crippen molar-refractivity contribution >= 4 is 52.5 Å². The molecule has 9 rings (SSSR count). The molecule has 0 radical (unpaired) electrons. The molecule has 2 aromatic carbocycles. The van der Waals surface area contributed by atoms with E-state index in [0.717, 1.165) is 122 Å². The summed E-state index contributed by atoms with van der Waals surface area (Å²) in [6.45, 7) is 5.52. The van der Waals surface area contributed by atoms with Gasteiger partial charge in [-0.05, 0) is 92.3 Å². The zero-order chi connectivity index (χ0) is 44.2. The molecule has 3 saturated heterocycles. The summed E-state index contributed by atoms with van der Waals surface area (Å²) in [4.78, 5) is 80.0. The standard InChI is InChI=1S/C47H52FN11O5/c48-32-10-6-9-31(27-32)37-12-8-22-57(37)42-18-17-40-51-29-39(59(40)54-42)36-11-7-13-41(52-36)56-25-23-55(24-26-56)30-44(61)50-21-5-3-1-2-4-20-49-33-14-15-34-35(28-33)47(64)58(46(34)63)38-16-19-43(60)53-45(38)62/h6-7,9-11,13-15,17-18,27-29,37-38,49H,1-5,8,12,16,19-26,30H2,(H,50,61)(H,53,60,62)/t37-,38?/m1/s1. The number of benzene rings is 2. The Balaban J connectivity index is 0.672. The van der Waals surface area contributed by atoms with E-state index < -0.39 is 29.7 Å². The van der Waals surface area contributed by atoms with Gasteiger partial charge in [0, 0.05) is 57.9 Å². The van der Waals surface area contributed by atoms with Crippen LogP contribution in [0.5, 0.6) is 0 Å². The molecule has 2 atom stereocenters. The van der Waals surface area contributed by atoms with Crippen molar-refractivity contribution in [2.75, 3.05) is 67.5 Å². The first-order chi connectivity index (χ1) is 31.2. The van der Waals surface area contributed by atoms with E-state index in [1.54, 1.807) is 36.5 Å². The fraction of sp³-hybridized carbons (Fsp3) is 0.404. The molecule has 0 aliphatic carbocycles. The summed E-state index contributed by atoms with van der Waals surface area (Å²) in [6.07, 6.45) is 8.79. The lowest BCUT2D eigenvalue weighted by Crippen LogP contribution is -2.54. The maximum Gasteiger partial charge on any atom is 0.262 e. The van der Waals surface area contributed by atoms with Gasteiger partial charge in [-0.1, -0.05) is 37.5 Å². The van der Waals surface area contributed by atoms with E-state index in [-0.39, 0.29) is 41.7 Å². The van der Waals surface area contributed by atoms with Crippen LogP contribution >= 0.6 is 0 Å². The highest BCUT2D eigenvalue weighted by atomic mass is 19.1. The maximum atomic E-state index is 14.1. The van der Waals surface area contributed by atoms with Gasteiger partial charge in [-0.15, -0.1) is 5.10 Å². The number of amides is 5. The summed E-state index contributed by atoms with van der Waals surface area (Å²) < 4.78 is 15.9. The molecule has 0 saturated carbocycles. The Labute approximate surface area is 370 Å². The molecule has 3 aromatic heterocycles. The third-order valence-electron chi connectivity index (χ3n) is 12.6. The van der Waals surface area contributed by atoms with Gasteiger partial charge in [-0.3, -0.25) is 39.1 Å². The lowest BCUT2D eigenvalue weighted by atomic mass is 10.0. The van der Waals surface area contributed by atoms with Crippen LogP contribution in [0, 0.1) is 5.82 Å². The lowest BCUT2D eigenvalue weighted by Gasteiger charge is -2.35. The number of imidazole rings is 1. The van der Waals surface area contributed by atoms with E-state index in [2.05, 4.69) is 35.6 Å². The number of aromatic nitrogens is 4. The van der Waals surface area contributed by atoms with Crippen LogP contribution in [-0.2, 0) is 14.4 Å². The van der Waals surface area contributed by atoms with Crippen LogP contribution in [0.2, 0.25) is 0 Å². The minimum atomic E-state index is -0.983. The molecule has 16 nitrogen and oxygen atoms in total. The molecule has 0 spiro atoms. The molecule has 5 amide bonds. The number of piperazine rings is 1. The predicted molar refractivity (Wildman–Crippen MR) is 238 cm³/mol. The number of nitrogens with zero attached hydrogens (tertiary/aromatic N) is 8. The number of hydrogen-bond acceptors (Lipinski definition) is 12. The van der Waals surface area contributed by atoms with Crippen molar-refractivity contribution in [2.24, 2.45) is 0 Å². The number of unbranched alkanes of at least 4 members (excludes halogenated alkanes) is 4. The van der Waals surface area contributed by atoms with Gasteiger partial charge in [0.15, 0.2) is 5.65 Å². The van der Waals surface area contributed by atoms with Crippen LogP contribution < -0.4 is 25.8 Å². The second-order valence-electron chi connectivity index (χ2n) is 16.9. The van der Waals surface area contributed by atoms with E-state index in [9.17, 15) is 28.4 Å². The van der Waals surface area contributed by atoms with Crippen LogP contribution in [0.3, 0.4) is 0 Å². The monoisotopic (exact) mass is 869 g/mol. The molecule has 3 N–H and O–H groups in total. The maximum absolute atomic E-state index is 14.1. The number of anilines is 3. The molecule has 3 fully saturated rings. The van der Waals surface area contributed by atoms with Crippen molar-refractivity contribution in [2.45, 2.75) is 69.9 Å². The Hall–Kier alpha value is -6.75. The molecule has 17 heteroatoms. The molecule has 64 heavy (non-hydrogen) atoms. The number of pyridine rings is 1. The zero-order valence-corrected chi connectivity index (χ0v) is 35.7. The number of nitrogens with one attached hydrogen (secondary N) is 3. The summed E-state index contributed by atoms with van der Waals surface area (Å²) in [6, 6.07) is 20.9. The molecule has 7 heterocycles. The van der Waals surface area contributed by atoms with Crippen LogP contribution in [0.4, 0.5) is 21.7 Å². The van der Waals surface area contributed by atoms with Crippen molar-refractivity contribution in [1.82, 2.24) is 40.0 Å². The Morgan fingerprint density at radius 2 is 1.58 bits per heavy atom. The Bertz CT molecular complexity index is 2580. The number of imide groups is 2. The number of carbonyl (C=O) groups excluding carboxylic acids is 5. The SMILES string of the molecule is O=C(CN1CCN(c2cccc(-c3cnc4ccc(N5CCC[C@@H]5c5cccc(F)c5)nn34)n2)CC1)NCCCCCCCNc1ccc2c(c1)C(=O)N(C1CCC(=O)NC1=O)C2=O. The Morgan fingerprint density at radius 1 is 0.781 bits per heavy atom. The smallest absolute Gasteiger partial charge is 0.262 e. The van der Waals surface area contributed by atoms with Gasteiger partial charge >= 0.3 is 0 Å². The van der Waals surface area contributed by atoms with Gasteiger partial charge in [0.1, 0.15) is 29.2 Å². The van der Waals surface area contributed by atoms with Crippen molar-refractivity contribution < 1.29 is 28.4 Å². The van der Waals surface area contributed by atoms with Crippen molar-refractivity contribution in [1.29, 1.82) is 0 Å². The molecular weight excluding hydrogens is 818 g/mol. The average Bonchev–Trinajstić information content (AvgIpc) is 4.03. The molecule has 332 valence electrons. The van der Waals surface area contributed by atoms with Crippen LogP contribution in [0.1, 0.15) is 90.1 Å². The highest BCUT2D eigenvalue weighted by Gasteiger charge is 2.44. The van der Waals surface area contributed by atoms with Gasteiger partial charge < -0.3 is 20.4 Å². The second-order valence-corrected chi connectivity index (χ2v) is 16.9. The molecule has 0 bridgehead atoms. The molecule has 4 aliphatic rings. The number of piperidine rings is 1. The predicted octanol–water partition coefficient (Wildman–Crippen LogP) is 4.97. The van der Waals surface area contributed by atoms with Crippen molar-refractivity contribution in [3.8, 4) is 11.4 Å². The number of hydrogen-bond donors (Lipinski definition) is 3. The third-order valence-corrected chi connectivity index (χ3v) is 12.6. The van der Waals surface area contributed by atoms with E-state index in [0.29, 0.717) is 19.6 Å². The van der Waals surface area contributed by atoms with Gasteiger partial charge in [-0.25, -0.2) is 18.9 Å². The largest absolute Gasteiger partial charge is 0.385 e. The number of carbonyl (C=O) groups is 5. The summed E-state index contributed by atoms with van der Waals surface area (Å²) in [5.41, 5.74) is 4.49. The Morgan fingerprint density at radius 3 is 2.41 bits per heavy atom. The van der Waals surface area contributed by atoms with Gasteiger partial charge in [-0.2, -0.15) is 0 Å². The van der Waals surface area contributed by atoms with E-state index in [4.69, 9.17) is 10.1 Å². The Kier molecular flexibility index (Phi) is 12.6. The summed E-state index contributed by atoms with van der Waals surface area (Å²) in [5, 5.41) is 13.6. The minimum Gasteiger partial charge on any atom is -0.385 e. The quantitative estimate of drug-likeness (QED) is 0.0898. The van der Waals surface area contributed by atoms with Crippen LogP contribution in [-0.4, -0.2) is 117 Å². The van der Waals surface area contributed by atoms with E-state index in [1.807, 2.05) is 40.9 Å². The molecule has 5 aromatic rings. The fourth-order valence-electron chi connectivity index (χ4n) is 9.25. The van der Waals surface area contributed by atoms with Gasteiger partial charge in [0.25, 0.3) is 11.8 Å². The molecule has 4 aliphatic heterocycles. The second kappa shape index (κ2) is 18.9. The van der Waals surface area contributed by atoms with Gasteiger partial charge in [0.05, 0.1) is 35.6 Å². The highest BCUT2D eigenvalue weighted by Crippen LogP contribution is 2.36. The minimum absolute atomic E-state index is 0.0307. The highest BCUT2D eigenvalue weighted by molar-refractivity contribution is 6.23. The lowest BCUT2D eigenvalue weighted by molar-refractivity contribution is -0.136. The number of rotatable bonds is 16. The van der Waals surface area contributed by atoms with E-state index >= 15 is 0 Å².